The number of ether oxygens (including phenoxy) is 1. The minimum Gasteiger partial charge on any atom is -0.383 e. The van der Waals surface area contributed by atoms with Crippen LogP contribution >= 0.6 is 0 Å². The Morgan fingerprint density at radius 3 is 2.31 bits per heavy atom. The van der Waals surface area contributed by atoms with Crippen LogP contribution in [-0.2, 0) is 29.6 Å². The topological polar surface area (TPSA) is 113 Å². The molecule has 0 aliphatic carbocycles. The van der Waals surface area contributed by atoms with Crippen molar-refractivity contribution >= 4 is 31.6 Å². The summed E-state index contributed by atoms with van der Waals surface area (Å²) < 4.78 is 60.6. The van der Waals surface area contributed by atoms with E-state index in [9.17, 15) is 21.6 Å². The average molecular weight is 524 g/mol. The molecule has 11 heteroatoms. The molecule has 3 rings (SSSR count). The molecule has 9 nitrogen and oxygen atoms in total. The van der Waals surface area contributed by atoms with Crippen LogP contribution < -0.4 is 5.32 Å². The van der Waals surface area contributed by atoms with Crippen molar-refractivity contribution in [2.75, 3.05) is 38.7 Å². The van der Waals surface area contributed by atoms with E-state index in [1.807, 2.05) is 13.0 Å². The molecular formula is C24H33N3O6S2. The third kappa shape index (κ3) is 6.68. The summed E-state index contributed by atoms with van der Waals surface area (Å²) in [7, 11) is -6.37. The Hall–Kier alpha value is -2.31. The number of nitrogens with zero attached hydrogens (tertiary/aromatic N) is 2. The molecular weight excluding hydrogens is 490 g/mol. The predicted octanol–water partition coefficient (Wildman–Crippen LogP) is 2.92. The van der Waals surface area contributed by atoms with Crippen molar-refractivity contribution in [2.24, 2.45) is 0 Å². The highest BCUT2D eigenvalue weighted by molar-refractivity contribution is 7.89. The van der Waals surface area contributed by atoms with Crippen molar-refractivity contribution in [1.29, 1.82) is 0 Å². The summed E-state index contributed by atoms with van der Waals surface area (Å²) >= 11 is 0. The zero-order valence-electron chi connectivity index (χ0n) is 20.1. The van der Waals surface area contributed by atoms with Gasteiger partial charge in [-0.05, 0) is 55.7 Å². The fourth-order valence-corrected chi connectivity index (χ4v) is 7.27. The van der Waals surface area contributed by atoms with Gasteiger partial charge in [-0.15, -0.1) is 0 Å². The van der Waals surface area contributed by atoms with Crippen LogP contribution in [0.1, 0.15) is 32.6 Å². The number of carbonyl (C=O) groups is 1. The molecule has 0 saturated carbocycles. The highest BCUT2D eigenvalue weighted by Crippen LogP contribution is 2.28. The Morgan fingerprint density at radius 1 is 1.03 bits per heavy atom. The molecule has 0 spiro atoms. The summed E-state index contributed by atoms with van der Waals surface area (Å²) in [4.78, 5) is 12.5. The largest absolute Gasteiger partial charge is 0.383 e. The normalized spacial score (nSPS) is 17.4. The quantitative estimate of drug-likeness (QED) is 0.485. The van der Waals surface area contributed by atoms with Gasteiger partial charge in [0.25, 0.3) is 0 Å². The minimum atomic E-state index is -4.08. The first-order valence-electron chi connectivity index (χ1n) is 11.7. The molecule has 0 bridgehead atoms. The van der Waals surface area contributed by atoms with Gasteiger partial charge >= 0.3 is 0 Å². The highest BCUT2D eigenvalue weighted by Gasteiger charge is 2.33. The molecule has 0 aromatic heterocycles. The first kappa shape index (κ1) is 27.3. The number of amides is 1. The van der Waals surface area contributed by atoms with Gasteiger partial charge in [-0.3, -0.25) is 4.79 Å². The lowest BCUT2D eigenvalue weighted by Crippen LogP contribution is -2.43. The fourth-order valence-electron chi connectivity index (χ4n) is 4.13. The van der Waals surface area contributed by atoms with Crippen molar-refractivity contribution in [2.45, 2.75) is 48.4 Å². The zero-order valence-corrected chi connectivity index (χ0v) is 21.7. The maximum atomic E-state index is 13.3. The Balaban J connectivity index is 1.80. The van der Waals surface area contributed by atoms with Crippen molar-refractivity contribution in [1.82, 2.24) is 8.61 Å². The van der Waals surface area contributed by atoms with Crippen LogP contribution in [-0.4, -0.2) is 70.7 Å². The number of anilines is 1. The van der Waals surface area contributed by atoms with E-state index in [4.69, 9.17) is 4.74 Å². The predicted molar refractivity (Wildman–Crippen MR) is 134 cm³/mol. The maximum Gasteiger partial charge on any atom is 0.243 e. The van der Waals surface area contributed by atoms with Gasteiger partial charge in [-0.2, -0.15) is 8.61 Å². The van der Waals surface area contributed by atoms with Crippen LogP contribution in [0, 0.1) is 0 Å². The lowest BCUT2D eigenvalue weighted by molar-refractivity contribution is -0.116. The molecule has 1 heterocycles. The number of rotatable bonds is 11. The summed E-state index contributed by atoms with van der Waals surface area (Å²) in [6, 6.07) is 13.9. The Labute approximate surface area is 208 Å². The Morgan fingerprint density at radius 2 is 1.69 bits per heavy atom. The summed E-state index contributed by atoms with van der Waals surface area (Å²) in [6.45, 7) is 2.08. The van der Waals surface area contributed by atoms with Gasteiger partial charge in [0.2, 0.25) is 26.0 Å². The summed E-state index contributed by atoms with van der Waals surface area (Å²) in [5.41, 5.74) is 0.555. The average Bonchev–Trinajstić information content (AvgIpc) is 2.87. The van der Waals surface area contributed by atoms with Crippen LogP contribution in [0.3, 0.4) is 0 Å². The van der Waals surface area contributed by atoms with Crippen LogP contribution in [0.4, 0.5) is 5.69 Å². The van der Waals surface area contributed by atoms with E-state index in [1.54, 1.807) is 24.3 Å². The molecule has 2 aromatic rings. The lowest BCUT2D eigenvalue weighted by atomic mass is 10.0. The number of carbonyl (C=O) groups excluding carboxylic acids is 1. The van der Waals surface area contributed by atoms with Gasteiger partial charge < -0.3 is 10.1 Å². The molecule has 1 aliphatic heterocycles. The third-order valence-electron chi connectivity index (χ3n) is 6.03. The van der Waals surface area contributed by atoms with E-state index >= 15 is 0 Å². The number of benzene rings is 2. The van der Waals surface area contributed by atoms with E-state index in [0.29, 0.717) is 12.2 Å². The van der Waals surface area contributed by atoms with Crippen LogP contribution in [0.5, 0.6) is 0 Å². The maximum absolute atomic E-state index is 13.3. The molecule has 2 aromatic carbocycles. The molecule has 1 amide bonds. The number of hydrogen-bond acceptors (Lipinski definition) is 6. The smallest absolute Gasteiger partial charge is 0.243 e. The second-order valence-electron chi connectivity index (χ2n) is 8.39. The first-order valence-corrected chi connectivity index (χ1v) is 14.5. The van der Waals surface area contributed by atoms with E-state index < -0.39 is 32.5 Å². The number of piperidine rings is 1. The van der Waals surface area contributed by atoms with Crippen molar-refractivity contribution in [3.63, 3.8) is 0 Å². The molecule has 0 radical (unpaired) electrons. The number of nitrogens with one attached hydrogen (secondary N) is 1. The van der Waals surface area contributed by atoms with E-state index in [2.05, 4.69) is 5.32 Å². The Bertz CT molecular complexity index is 1190. The number of sulfonamides is 2. The van der Waals surface area contributed by atoms with E-state index in [0.717, 1.165) is 30.0 Å². The number of hydrogen-bond donors (Lipinski definition) is 1. The molecule has 35 heavy (non-hydrogen) atoms. The van der Waals surface area contributed by atoms with E-state index in [-0.39, 0.29) is 29.0 Å². The van der Waals surface area contributed by atoms with Crippen LogP contribution in [0.25, 0.3) is 0 Å². The second kappa shape index (κ2) is 12.1. The van der Waals surface area contributed by atoms with Gasteiger partial charge in [0, 0.05) is 31.9 Å². The number of methoxy groups -OCH3 is 1. The van der Waals surface area contributed by atoms with Crippen LogP contribution in [0.2, 0.25) is 0 Å². The molecule has 1 aliphatic rings. The monoisotopic (exact) mass is 523 g/mol. The molecule has 1 atom stereocenters. The molecule has 1 N–H and O–H groups in total. The minimum absolute atomic E-state index is 0.0347. The van der Waals surface area contributed by atoms with Crippen molar-refractivity contribution in [3.05, 3.63) is 54.6 Å². The standard InChI is InChI=1S/C24H33N3O6S2/c1-3-21-11-7-8-16-27(21)35(31,32)23-14-12-22(13-15-23)34(29,30)26(17-18-33-2)19-24(28)25-20-9-5-4-6-10-20/h4-6,9-10,12-15,21H,3,7-8,11,16-19H2,1-2H3,(H,25,28)/t21-/m0/s1. The molecule has 192 valence electrons. The second-order valence-corrected chi connectivity index (χ2v) is 12.2. The molecule has 1 fully saturated rings. The lowest BCUT2D eigenvalue weighted by Gasteiger charge is -2.34. The zero-order chi connectivity index (χ0) is 25.5. The van der Waals surface area contributed by atoms with Gasteiger partial charge in [0.1, 0.15) is 0 Å². The summed E-state index contributed by atoms with van der Waals surface area (Å²) in [5, 5.41) is 2.68. The number of para-hydroxylation sites is 1. The summed E-state index contributed by atoms with van der Waals surface area (Å²) in [6.07, 6.45) is 3.35. The molecule has 0 unspecified atom stereocenters. The fraction of sp³-hybridized carbons (Fsp3) is 0.458. The first-order chi connectivity index (χ1) is 16.7. The van der Waals surface area contributed by atoms with Gasteiger partial charge in [-0.1, -0.05) is 31.5 Å². The van der Waals surface area contributed by atoms with Gasteiger partial charge in [0.15, 0.2) is 0 Å². The Kier molecular flexibility index (Phi) is 9.42. The highest BCUT2D eigenvalue weighted by atomic mass is 32.2. The third-order valence-corrected chi connectivity index (χ3v) is 9.86. The van der Waals surface area contributed by atoms with Gasteiger partial charge in [-0.25, -0.2) is 16.8 Å². The summed E-state index contributed by atoms with van der Waals surface area (Å²) in [5.74, 6) is -0.495. The van der Waals surface area contributed by atoms with Crippen molar-refractivity contribution < 1.29 is 26.4 Å². The van der Waals surface area contributed by atoms with Gasteiger partial charge in [0.05, 0.1) is 22.9 Å². The SMILES string of the molecule is CC[C@H]1CCCCN1S(=O)(=O)c1ccc(S(=O)(=O)N(CCOC)CC(=O)Nc2ccccc2)cc1. The van der Waals surface area contributed by atoms with Crippen molar-refractivity contribution in [3.8, 4) is 0 Å². The molecule has 1 saturated heterocycles. The van der Waals surface area contributed by atoms with E-state index in [1.165, 1.54) is 35.7 Å². The van der Waals surface area contributed by atoms with Crippen LogP contribution in [0.15, 0.2) is 64.4 Å².